The number of nitriles is 1. The maximum Gasteiger partial charge on any atom is 0.118 e. The SMILES string of the molecule is COc1ccc(CCC(C)NCCC#N)cc1. The van der Waals surface area contributed by atoms with Crippen molar-refractivity contribution in [2.24, 2.45) is 0 Å². The second-order valence-corrected chi connectivity index (χ2v) is 4.15. The molecule has 0 amide bonds. The Morgan fingerprint density at radius 1 is 1.35 bits per heavy atom. The number of aryl methyl sites for hydroxylation is 1. The Kier molecular flexibility index (Phi) is 6.13. The van der Waals surface area contributed by atoms with Crippen LogP contribution in [-0.4, -0.2) is 19.7 Å². The normalized spacial score (nSPS) is 11.8. The number of nitrogens with one attached hydrogen (secondary N) is 1. The Morgan fingerprint density at radius 2 is 2.06 bits per heavy atom. The fraction of sp³-hybridized carbons (Fsp3) is 0.500. The van der Waals surface area contributed by atoms with Crippen LogP contribution in [0.3, 0.4) is 0 Å². The lowest BCUT2D eigenvalue weighted by molar-refractivity contribution is 0.414. The van der Waals surface area contributed by atoms with Gasteiger partial charge in [-0.15, -0.1) is 0 Å². The molecule has 1 rings (SSSR count). The lowest BCUT2D eigenvalue weighted by Gasteiger charge is -2.12. The molecular formula is C14H20N2O. The van der Waals surface area contributed by atoms with E-state index in [1.165, 1.54) is 5.56 Å². The number of hydrogen-bond acceptors (Lipinski definition) is 3. The van der Waals surface area contributed by atoms with Gasteiger partial charge in [0.2, 0.25) is 0 Å². The van der Waals surface area contributed by atoms with Crippen molar-refractivity contribution in [3.05, 3.63) is 29.8 Å². The van der Waals surface area contributed by atoms with Gasteiger partial charge in [0.15, 0.2) is 0 Å². The summed E-state index contributed by atoms with van der Waals surface area (Å²) in [5.41, 5.74) is 1.32. The van der Waals surface area contributed by atoms with Crippen LogP contribution in [0.2, 0.25) is 0 Å². The van der Waals surface area contributed by atoms with Crippen molar-refractivity contribution in [2.75, 3.05) is 13.7 Å². The Bertz CT molecular complexity index is 353. The van der Waals surface area contributed by atoms with E-state index in [2.05, 4.69) is 30.4 Å². The first-order chi connectivity index (χ1) is 8.26. The second-order valence-electron chi connectivity index (χ2n) is 4.15. The number of nitrogens with zero attached hydrogens (tertiary/aromatic N) is 1. The molecule has 1 aromatic carbocycles. The van der Waals surface area contributed by atoms with Gasteiger partial charge in [0.1, 0.15) is 5.75 Å². The van der Waals surface area contributed by atoms with Gasteiger partial charge in [-0.05, 0) is 37.5 Å². The molecule has 0 spiro atoms. The highest BCUT2D eigenvalue weighted by molar-refractivity contribution is 5.27. The summed E-state index contributed by atoms with van der Waals surface area (Å²) in [4.78, 5) is 0. The molecule has 1 unspecified atom stereocenters. The van der Waals surface area contributed by atoms with E-state index in [0.717, 1.165) is 25.1 Å². The van der Waals surface area contributed by atoms with Gasteiger partial charge in [0.25, 0.3) is 0 Å². The quantitative estimate of drug-likeness (QED) is 0.735. The average molecular weight is 232 g/mol. The van der Waals surface area contributed by atoms with E-state index < -0.39 is 0 Å². The summed E-state index contributed by atoms with van der Waals surface area (Å²) in [6.07, 6.45) is 2.70. The van der Waals surface area contributed by atoms with Crippen LogP contribution < -0.4 is 10.1 Å². The molecule has 0 aliphatic heterocycles. The maximum absolute atomic E-state index is 8.43. The molecule has 0 saturated carbocycles. The summed E-state index contributed by atoms with van der Waals surface area (Å²) in [7, 11) is 1.68. The van der Waals surface area contributed by atoms with Crippen LogP contribution in [0.15, 0.2) is 24.3 Å². The Labute approximate surface area is 103 Å². The fourth-order valence-corrected chi connectivity index (χ4v) is 1.65. The van der Waals surface area contributed by atoms with Gasteiger partial charge < -0.3 is 10.1 Å². The predicted octanol–water partition coefficient (Wildman–Crippen LogP) is 2.52. The maximum atomic E-state index is 8.43. The molecule has 3 heteroatoms. The highest BCUT2D eigenvalue weighted by Gasteiger charge is 2.01. The van der Waals surface area contributed by atoms with Gasteiger partial charge in [-0.3, -0.25) is 0 Å². The zero-order valence-electron chi connectivity index (χ0n) is 10.6. The van der Waals surface area contributed by atoms with E-state index in [4.69, 9.17) is 10.00 Å². The summed E-state index contributed by atoms with van der Waals surface area (Å²) in [5.74, 6) is 0.897. The highest BCUT2D eigenvalue weighted by Crippen LogP contribution is 2.13. The molecule has 0 fully saturated rings. The number of hydrogen-bond donors (Lipinski definition) is 1. The molecule has 1 aromatic rings. The molecule has 17 heavy (non-hydrogen) atoms. The molecule has 0 aliphatic rings. The first kappa shape index (κ1) is 13.5. The van der Waals surface area contributed by atoms with Gasteiger partial charge in [-0.25, -0.2) is 0 Å². The fourth-order valence-electron chi connectivity index (χ4n) is 1.65. The third kappa shape index (κ3) is 5.37. The number of methoxy groups -OCH3 is 1. The van der Waals surface area contributed by atoms with Crippen LogP contribution in [0, 0.1) is 11.3 Å². The molecule has 0 heterocycles. The van der Waals surface area contributed by atoms with Crippen molar-refractivity contribution in [1.29, 1.82) is 5.26 Å². The van der Waals surface area contributed by atoms with Crippen molar-refractivity contribution in [3.63, 3.8) is 0 Å². The minimum Gasteiger partial charge on any atom is -0.497 e. The summed E-state index contributed by atoms with van der Waals surface area (Å²) in [5, 5.41) is 11.8. The molecule has 0 aliphatic carbocycles. The smallest absolute Gasteiger partial charge is 0.118 e. The summed E-state index contributed by atoms with van der Waals surface area (Å²) in [6, 6.07) is 10.8. The van der Waals surface area contributed by atoms with Crippen LogP contribution in [0.4, 0.5) is 0 Å². The number of benzene rings is 1. The Hall–Kier alpha value is -1.53. The molecular weight excluding hydrogens is 212 g/mol. The number of ether oxygens (including phenoxy) is 1. The van der Waals surface area contributed by atoms with Gasteiger partial charge >= 0.3 is 0 Å². The second kappa shape index (κ2) is 7.70. The molecule has 0 aromatic heterocycles. The minimum absolute atomic E-state index is 0.449. The molecule has 0 saturated heterocycles. The van der Waals surface area contributed by atoms with Crippen LogP contribution in [0.25, 0.3) is 0 Å². The van der Waals surface area contributed by atoms with Crippen LogP contribution in [0.5, 0.6) is 5.75 Å². The third-order valence-electron chi connectivity index (χ3n) is 2.75. The lowest BCUT2D eigenvalue weighted by Crippen LogP contribution is -2.27. The zero-order chi connectivity index (χ0) is 12.5. The average Bonchev–Trinajstić information content (AvgIpc) is 2.37. The van der Waals surface area contributed by atoms with Gasteiger partial charge in [-0.1, -0.05) is 12.1 Å². The van der Waals surface area contributed by atoms with E-state index in [0.29, 0.717) is 12.5 Å². The van der Waals surface area contributed by atoms with Crippen LogP contribution >= 0.6 is 0 Å². The molecule has 92 valence electrons. The largest absolute Gasteiger partial charge is 0.497 e. The van der Waals surface area contributed by atoms with E-state index >= 15 is 0 Å². The first-order valence-corrected chi connectivity index (χ1v) is 5.99. The standard InChI is InChI=1S/C14H20N2O/c1-12(16-11-3-10-15)4-5-13-6-8-14(17-2)9-7-13/h6-9,12,16H,3-5,11H2,1-2H3. The number of rotatable bonds is 7. The van der Waals surface area contributed by atoms with Crippen molar-refractivity contribution >= 4 is 0 Å². The van der Waals surface area contributed by atoms with Crippen LogP contribution in [-0.2, 0) is 6.42 Å². The van der Waals surface area contributed by atoms with E-state index in [1.54, 1.807) is 7.11 Å². The van der Waals surface area contributed by atoms with Gasteiger partial charge in [0, 0.05) is 19.0 Å². The Morgan fingerprint density at radius 3 is 2.65 bits per heavy atom. The molecule has 0 bridgehead atoms. The summed E-state index contributed by atoms with van der Waals surface area (Å²) in [6.45, 7) is 2.93. The molecule has 3 nitrogen and oxygen atoms in total. The molecule has 0 radical (unpaired) electrons. The lowest BCUT2D eigenvalue weighted by atomic mass is 10.1. The van der Waals surface area contributed by atoms with Gasteiger partial charge in [0.05, 0.1) is 13.2 Å². The van der Waals surface area contributed by atoms with Crippen molar-refractivity contribution in [3.8, 4) is 11.8 Å². The van der Waals surface area contributed by atoms with Crippen molar-refractivity contribution < 1.29 is 4.74 Å². The van der Waals surface area contributed by atoms with Crippen molar-refractivity contribution in [2.45, 2.75) is 32.2 Å². The van der Waals surface area contributed by atoms with Crippen molar-refractivity contribution in [1.82, 2.24) is 5.32 Å². The van der Waals surface area contributed by atoms with E-state index in [1.807, 2.05) is 12.1 Å². The molecule has 1 N–H and O–H groups in total. The first-order valence-electron chi connectivity index (χ1n) is 5.99. The third-order valence-corrected chi connectivity index (χ3v) is 2.75. The van der Waals surface area contributed by atoms with E-state index in [-0.39, 0.29) is 0 Å². The highest BCUT2D eigenvalue weighted by atomic mass is 16.5. The molecule has 1 atom stereocenters. The summed E-state index contributed by atoms with van der Waals surface area (Å²) < 4.78 is 5.12. The van der Waals surface area contributed by atoms with E-state index in [9.17, 15) is 0 Å². The monoisotopic (exact) mass is 232 g/mol. The Balaban J connectivity index is 2.27. The van der Waals surface area contributed by atoms with Gasteiger partial charge in [-0.2, -0.15) is 5.26 Å². The summed E-state index contributed by atoms with van der Waals surface area (Å²) >= 11 is 0. The zero-order valence-corrected chi connectivity index (χ0v) is 10.6. The van der Waals surface area contributed by atoms with Crippen LogP contribution in [0.1, 0.15) is 25.3 Å². The topological polar surface area (TPSA) is 45.0 Å². The predicted molar refractivity (Wildman–Crippen MR) is 69.0 cm³/mol. The minimum atomic E-state index is 0.449.